The summed E-state index contributed by atoms with van der Waals surface area (Å²) in [5, 5.41) is 4.48. The van der Waals surface area contributed by atoms with E-state index in [0.29, 0.717) is 28.3 Å². The number of hydrogen-bond donors (Lipinski definition) is 0. The number of hydrogen-bond acceptors (Lipinski definition) is 3. The second-order valence-corrected chi connectivity index (χ2v) is 7.98. The minimum absolute atomic E-state index is 0. The number of nitrogens with zero attached hydrogens (tertiary/aromatic N) is 4. The number of aromatic nitrogens is 4. The van der Waals surface area contributed by atoms with Gasteiger partial charge in [0, 0.05) is 11.9 Å². The average molecular weight is 669 g/mol. The molecule has 0 atom stereocenters. The molecule has 0 saturated carbocycles. The van der Waals surface area contributed by atoms with Gasteiger partial charge in [0.1, 0.15) is 0 Å². The maximum atomic E-state index is 12.8. The molecule has 4 aromatic rings. The summed E-state index contributed by atoms with van der Waals surface area (Å²) < 4.78 is 78.1. The van der Waals surface area contributed by atoms with E-state index >= 15 is 0 Å². The molecule has 0 radical (unpaired) electrons. The van der Waals surface area contributed by atoms with Gasteiger partial charge in [-0.2, -0.15) is 49.6 Å². The molecular formula is C24H16F6N4Pt. The molecule has 0 aliphatic carbocycles. The number of alkyl halides is 6. The standard InChI is InChI=1S/C24H16F6N4.Pt/c1-22(2,20-12-13-34(33-20)17-9-7-16(8-10-17)23(25,26)27)19-5-3-4-18(32-19)15-6-11-21(31-14-15)24(28,29)30;/h3-5,7-9,11-14H,1-2H3;/q-2;+2. The van der Waals surface area contributed by atoms with Crippen LogP contribution in [0.3, 0.4) is 0 Å². The zero-order valence-electron chi connectivity index (χ0n) is 18.1. The van der Waals surface area contributed by atoms with Crippen molar-refractivity contribution in [2.24, 2.45) is 0 Å². The molecule has 3 aromatic heterocycles. The van der Waals surface area contributed by atoms with Gasteiger partial charge in [-0.3, -0.25) is 4.68 Å². The Morgan fingerprint density at radius 3 is 2.11 bits per heavy atom. The summed E-state index contributed by atoms with van der Waals surface area (Å²) in [5.41, 5.74) is -0.384. The van der Waals surface area contributed by atoms with Gasteiger partial charge in [0.15, 0.2) is 0 Å². The van der Waals surface area contributed by atoms with Gasteiger partial charge >= 0.3 is 33.4 Å². The predicted octanol–water partition coefficient (Wildman–Crippen LogP) is 6.29. The summed E-state index contributed by atoms with van der Waals surface area (Å²) in [6.45, 7) is 3.72. The molecule has 4 rings (SSSR count). The summed E-state index contributed by atoms with van der Waals surface area (Å²) in [6, 6.07) is 15.8. The normalized spacial score (nSPS) is 12.3. The van der Waals surface area contributed by atoms with Crippen LogP contribution in [-0.2, 0) is 38.8 Å². The first-order valence-electron chi connectivity index (χ1n) is 9.94. The van der Waals surface area contributed by atoms with E-state index in [1.54, 1.807) is 30.5 Å². The SMILES string of the molecule is CC(C)(c1cccc(-c2[c-]cc(C(F)(F)F)nc2)n1)c1ccn(-c2[c-]cc(C(F)(F)F)cc2)n1.[Pt+2]. The molecule has 11 heteroatoms. The fraction of sp³-hybridized carbons (Fsp3) is 0.208. The van der Waals surface area contributed by atoms with Crippen LogP contribution in [0.2, 0.25) is 0 Å². The average Bonchev–Trinajstić information content (AvgIpc) is 3.29. The van der Waals surface area contributed by atoms with Crippen LogP contribution in [-0.4, -0.2) is 19.7 Å². The molecule has 35 heavy (non-hydrogen) atoms. The van der Waals surface area contributed by atoms with Gasteiger partial charge in [0.25, 0.3) is 0 Å². The van der Waals surface area contributed by atoms with E-state index in [9.17, 15) is 26.3 Å². The summed E-state index contributed by atoms with van der Waals surface area (Å²) >= 11 is 0. The van der Waals surface area contributed by atoms with Gasteiger partial charge in [-0.1, -0.05) is 23.9 Å². The molecular weight excluding hydrogens is 653 g/mol. The van der Waals surface area contributed by atoms with Crippen molar-refractivity contribution in [3.63, 3.8) is 0 Å². The van der Waals surface area contributed by atoms with Crippen molar-refractivity contribution in [3.8, 4) is 16.9 Å². The minimum atomic E-state index is -4.56. The Hall–Kier alpha value is -3.00. The van der Waals surface area contributed by atoms with Gasteiger partial charge < -0.3 is 9.97 Å². The van der Waals surface area contributed by atoms with Crippen LogP contribution in [0, 0.1) is 12.1 Å². The fourth-order valence-corrected chi connectivity index (χ4v) is 3.24. The Morgan fingerprint density at radius 2 is 1.54 bits per heavy atom. The van der Waals surface area contributed by atoms with Crippen LogP contribution in [0.4, 0.5) is 26.3 Å². The zero-order chi connectivity index (χ0) is 24.7. The van der Waals surface area contributed by atoms with Crippen LogP contribution in [0.15, 0.2) is 60.9 Å². The number of halogens is 6. The van der Waals surface area contributed by atoms with E-state index in [1.165, 1.54) is 10.7 Å². The van der Waals surface area contributed by atoms with Crippen molar-refractivity contribution in [2.75, 3.05) is 0 Å². The molecule has 1 aromatic carbocycles. The van der Waals surface area contributed by atoms with Crippen molar-refractivity contribution < 1.29 is 47.4 Å². The van der Waals surface area contributed by atoms with Crippen molar-refractivity contribution in [1.29, 1.82) is 0 Å². The third-order valence-electron chi connectivity index (χ3n) is 5.25. The molecule has 0 fully saturated rings. The van der Waals surface area contributed by atoms with Crippen LogP contribution >= 0.6 is 0 Å². The van der Waals surface area contributed by atoms with Crippen molar-refractivity contribution in [2.45, 2.75) is 31.6 Å². The predicted molar refractivity (Wildman–Crippen MR) is 111 cm³/mol. The minimum Gasteiger partial charge on any atom is -0.348 e. The summed E-state index contributed by atoms with van der Waals surface area (Å²) in [6.07, 6.45) is -6.34. The molecule has 0 saturated heterocycles. The van der Waals surface area contributed by atoms with Crippen molar-refractivity contribution in [3.05, 3.63) is 95.7 Å². The van der Waals surface area contributed by atoms with Crippen molar-refractivity contribution >= 4 is 0 Å². The first-order valence-corrected chi connectivity index (χ1v) is 9.94. The number of benzene rings is 1. The van der Waals surface area contributed by atoms with E-state index in [1.807, 2.05) is 13.8 Å². The van der Waals surface area contributed by atoms with Crippen LogP contribution in [0.25, 0.3) is 16.9 Å². The van der Waals surface area contributed by atoms with Gasteiger partial charge in [-0.15, -0.1) is 23.8 Å². The van der Waals surface area contributed by atoms with E-state index < -0.39 is 29.0 Å². The molecule has 0 aliphatic rings. The number of rotatable bonds is 4. The van der Waals surface area contributed by atoms with Gasteiger partial charge in [0.2, 0.25) is 0 Å². The monoisotopic (exact) mass is 669 g/mol. The molecule has 3 heterocycles. The van der Waals surface area contributed by atoms with E-state index in [2.05, 4.69) is 27.2 Å². The Morgan fingerprint density at radius 1 is 0.800 bits per heavy atom. The third kappa shape index (κ3) is 5.64. The third-order valence-corrected chi connectivity index (χ3v) is 5.25. The smallest absolute Gasteiger partial charge is 0.348 e. The first kappa shape index (κ1) is 26.6. The molecule has 0 bridgehead atoms. The summed E-state index contributed by atoms with van der Waals surface area (Å²) in [4.78, 5) is 8.02. The van der Waals surface area contributed by atoms with Gasteiger partial charge in [-0.25, -0.2) is 0 Å². The summed E-state index contributed by atoms with van der Waals surface area (Å²) in [7, 11) is 0. The van der Waals surface area contributed by atoms with Crippen LogP contribution < -0.4 is 0 Å². The largest absolute Gasteiger partial charge is 2.00 e. The quantitative estimate of drug-likeness (QED) is 0.190. The van der Waals surface area contributed by atoms with Crippen LogP contribution in [0.5, 0.6) is 0 Å². The van der Waals surface area contributed by atoms with E-state index in [-0.39, 0.29) is 21.1 Å². The maximum absolute atomic E-state index is 12.8. The second-order valence-electron chi connectivity index (χ2n) is 7.98. The Bertz CT molecular complexity index is 1290. The molecule has 184 valence electrons. The Kier molecular flexibility index (Phi) is 7.27. The molecule has 0 amide bonds. The molecule has 0 spiro atoms. The molecule has 0 unspecified atom stereocenters. The topological polar surface area (TPSA) is 43.6 Å². The van der Waals surface area contributed by atoms with E-state index in [0.717, 1.165) is 24.4 Å². The van der Waals surface area contributed by atoms with Gasteiger partial charge in [-0.05, 0) is 37.4 Å². The summed E-state index contributed by atoms with van der Waals surface area (Å²) in [5.74, 6) is 0. The van der Waals surface area contributed by atoms with E-state index in [4.69, 9.17) is 0 Å². The Labute approximate surface area is 211 Å². The molecule has 0 N–H and O–H groups in total. The van der Waals surface area contributed by atoms with Crippen LogP contribution in [0.1, 0.15) is 36.5 Å². The van der Waals surface area contributed by atoms with Gasteiger partial charge in [0.05, 0.1) is 16.8 Å². The molecule has 0 aliphatic heterocycles. The molecule has 4 nitrogen and oxygen atoms in total. The van der Waals surface area contributed by atoms with Crippen molar-refractivity contribution in [1.82, 2.24) is 19.7 Å². The second kappa shape index (κ2) is 9.57. The zero-order valence-corrected chi connectivity index (χ0v) is 20.4. The number of pyridine rings is 2. The fourth-order valence-electron chi connectivity index (χ4n) is 3.24. The maximum Gasteiger partial charge on any atom is 2.00 e. The first-order chi connectivity index (χ1) is 15.9. The Balaban J connectivity index is 0.00000342.